The van der Waals surface area contributed by atoms with Gasteiger partial charge in [0.15, 0.2) is 0 Å². The standard InChI is InChI=1S/C21H18N2S/c1-14-10-15(2)12-16(11-14)18-8-9-22-21-20(18)19(13-23-21)24-17-6-4-3-5-7-17/h3-13H,1-2H3,(H,22,23). The molecule has 24 heavy (non-hydrogen) atoms. The Hall–Kier alpha value is -2.52. The Morgan fingerprint density at radius 2 is 1.67 bits per heavy atom. The molecule has 1 N–H and O–H groups in total. The van der Waals surface area contributed by atoms with E-state index in [2.05, 4.69) is 78.5 Å². The number of aromatic amines is 1. The summed E-state index contributed by atoms with van der Waals surface area (Å²) in [7, 11) is 0. The monoisotopic (exact) mass is 330 g/mol. The molecule has 0 aliphatic carbocycles. The van der Waals surface area contributed by atoms with Crippen molar-refractivity contribution in [2.75, 3.05) is 0 Å². The number of rotatable bonds is 3. The smallest absolute Gasteiger partial charge is 0.139 e. The molecule has 2 nitrogen and oxygen atoms in total. The van der Waals surface area contributed by atoms with Crippen molar-refractivity contribution in [2.45, 2.75) is 23.6 Å². The average Bonchev–Trinajstić information content (AvgIpc) is 2.98. The maximum absolute atomic E-state index is 4.51. The lowest BCUT2D eigenvalue weighted by molar-refractivity contribution is 1.32. The molecule has 2 heterocycles. The first-order valence-electron chi connectivity index (χ1n) is 7.98. The summed E-state index contributed by atoms with van der Waals surface area (Å²) in [5.41, 5.74) is 5.97. The summed E-state index contributed by atoms with van der Waals surface area (Å²) in [4.78, 5) is 10.3. The fourth-order valence-corrected chi connectivity index (χ4v) is 4.07. The third-order valence-electron chi connectivity index (χ3n) is 4.04. The van der Waals surface area contributed by atoms with Crippen LogP contribution in [0.4, 0.5) is 0 Å². The van der Waals surface area contributed by atoms with Crippen LogP contribution >= 0.6 is 11.8 Å². The average molecular weight is 330 g/mol. The highest BCUT2D eigenvalue weighted by Crippen LogP contribution is 2.38. The third kappa shape index (κ3) is 2.83. The minimum atomic E-state index is 0.935. The zero-order valence-corrected chi connectivity index (χ0v) is 14.5. The summed E-state index contributed by atoms with van der Waals surface area (Å²) in [5.74, 6) is 0. The Bertz CT molecular complexity index is 983. The van der Waals surface area contributed by atoms with Crippen molar-refractivity contribution in [1.82, 2.24) is 9.97 Å². The molecule has 0 saturated heterocycles. The Balaban J connectivity index is 1.88. The third-order valence-corrected chi connectivity index (χ3v) is 5.09. The van der Waals surface area contributed by atoms with Crippen LogP contribution in [0.15, 0.2) is 76.8 Å². The first-order chi connectivity index (χ1) is 11.7. The summed E-state index contributed by atoms with van der Waals surface area (Å²) in [6.07, 6.45) is 3.93. The molecule has 0 amide bonds. The molecular weight excluding hydrogens is 312 g/mol. The van der Waals surface area contributed by atoms with Crippen LogP contribution in [0.1, 0.15) is 11.1 Å². The van der Waals surface area contributed by atoms with E-state index in [0.717, 1.165) is 5.65 Å². The van der Waals surface area contributed by atoms with Crippen molar-refractivity contribution in [1.29, 1.82) is 0 Å². The molecule has 0 unspecified atom stereocenters. The Labute approximate surface area is 146 Å². The number of nitrogens with one attached hydrogen (secondary N) is 1. The Morgan fingerprint density at radius 3 is 2.42 bits per heavy atom. The van der Waals surface area contributed by atoms with E-state index >= 15 is 0 Å². The predicted molar refractivity (Wildman–Crippen MR) is 102 cm³/mol. The van der Waals surface area contributed by atoms with Crippen molar-refractivity contribution in [3.63, 3.8) is 0 Å². The van der Waals surface area contributed by atoms with Crippen molar-refractivity contribution >= 4 is 22.8 Å². The van der Waals surface area contributed by atoms with Crippen molar-refractivity contribution in [3.8, 4) is 11.1 Å². The van der Waals surface area contributed by atoms with E-state index in [1.165, 1.54) is 37.4 Å². The van der Waals surface area contributed by atoms with Crippen LogP contribution in [-0.4, -0.2) is 9.97 Å². The largest absolute Gasteiger partial charge is 0.345 e. The highest BCUT2D eigenvalue weighted by Gasteiger charge is 2.13. The molecule has 0 fully saturated rings. The minimum Gasteiger partial charge on any atom is -0.345 e. The van der Waals surface area contributed by atoms with Gasteiger partial charge < -0.3 is 4.98 Å². The van der Waals surface area contributed by atoms with Crippen molar-refractivity contribution in [2.24, 2.45) is 0 Å². The maximum Gasteiger partial charge on any atom is 0.139 e. The van der Waals surface area contributed by atoms with Gasteiger partial charge >= 0.3 is 0 Å². The normalized spacial score (nSPS) is 11.1. The van der Waals surface area contributed by atoms with Crippen molar-refractivity contribution < 1.29 is 0 Å². The molecule has 4 rings (SSSR count). The molecule has 0 saturated carbocycles. The lowest BCUT2D eigenvalue weighted by Gasteiger charge is -2.08. The Kier molecular flexibility index (Phi) is 3.87. The van der Waals surface area contributed by atoms with Gasteiger partial charge in [0.05, 0.1) is 0 Å². The molecule has 0 atom stereocenters. The lowest BCUT2D eigenvalue weighted by Crippen LogP contribution is -1.86. The SMILES string of the molecule is Cc1cc(C)cc(-c2ccnc3[nH]cc(Sc4ccccc4)c23)c1. The number of pyridine rings is 1. The maximum atomic E-state index is 4.51. The highest BCUT2D eigenvalue weighted by molar-refractivity contribution is 7.99. The van der Waals surface area contributed by atoms with Gasteiger partial charge in [0.1, 0.15) is 5.65 Å². The second-order valence-corrected chi connectivity index (χ2v) is 7.14. The van der Waals surface area contributed by atoms with Crippen LogP contribution in [0.3, 0.4) is 0 Å². The van der Waals surface area contributed by atoms with Gasteiger partial charge in [-0.15, -0.1) is 0 Å². The van der Waals surface area contributed by atoms with Crippen LogP contribution in [0, 0.1) is 13.8 Å². The molecule has 118 valence electrons. The first-order valence-corrected chi connectivity index (χ1v) is 8.80. The summed E-state index contributed by atoms with van der Waals surface area (Å²) in [5, 5.41) is 1.19. The molecule has 0 radical (unpaired) electrons. The van der Waals surface area contributed by atoms with Gasteiger partial charge in [-0.3, -0.25) is 0 Å². The summed E-state index contributed by atoms with van der Waals surface area (Å²) in [6, 6.07) is 19.3. The van der Waals surface area contributed by atoms with E-state index < -0.39 is 0 Å². The van der Waals surface area contributed by atoms with E-state index in [1.54, 1.807) is 11.8 Å². The predicted octanol–water partition coefficient (Wildman–Crippen LogP) is 6.00. The number of hydrogen-bond donors (Lipinski definition) is 1. The van der Waals surface area contributed by atoms with E-state index in [1.807, 2.05) is 12.3 Å². The second-order valence-electron chi connectivity index (χ2n) is 6.03. The lowest BCUT2D eigenvalue weighted by atomic mass is 9.99. The summed E-state index contributed by atoms with van der Waals surface area (Å²) in [6.45, 7) is 4.29. The van der Waals surface area contributed by atoms with Crippen LogP contribution < -0.4 is 0 Å². The molecule has 0 aliphatic heterocycles. The molecule has 0 spiro atoms. The second kappa shape index (κ2) is 6.17. The molecule has 3 heteroatoms. The van der Waals surface area contributed by atoms with Crippen LogP contribution in [0.25, 0.3) is 22.2 Å². The number of aromatic nitrogens is 2. The zero-order chi connectivity index (χ0) is 16.5. The number of H-pyrrole nitrogens is 1. The Morgan fingerprint density at radius 1 is 0.917 bits per heavy atom. The number of hydrogen-bond acceptors (Lipinski definition) is 2. The van der Waals surface area contributed by atoms with Gasteiger partial charge in [-0.1, -0.05) is 59.3 Å². The number of nitrogens with zero attached hydrogens (tertiary/aromatic N) is 1. The molecule has 4 aromatic rings. The molecule has 2 aromatic heterocycles. The quantitative estimate of drug-likeness (QED) is 0.499. The topological polar surface area (TPSA) is 28.7 Å². The first kappa shape index (κ1) is 15.0. The fourth-order valence-electron chi connectivity index (χ4n) is 3.09. The van der Waals surface area contributed by atoms with E-state index in [4.69, 9.17) is 0 Å². The van der Waals surface area contributed by atoms with Gasteiger partial charge in [0.2, 0.25) is 0 Å². The number of fused-ring (bicyclic) bond motifs is 1. The van der Waals surface area contributed by atoms with E-state index in [9.17, 15) is 0 Å². The van der Waals surface area contributed by atoms with Gasteiger partial charge in [-0.25, -0.2) is 4.98 Å². The van der Waals surface area contributed by atoms with Crippen LogP contribution in [0.2, 0.25) is 0 Å². The van der Waals surface area contributed by atoms with Gasteiger partial charge in [-0.05, 0) is 43.2 Å². The fraction of sp³-hybridized carbons (Fsp3) is 0.0952. The molecule has 0 bridgehead atoms. The van der Waals surface area contributed by atoms with Gasteiger partial charge in [0.25, 0.3) is 0 Å². The molecule has 2 aromatic carbocycles. The van der Waals surface area contributed by atoms with Crippen LogP contribution in [0.5, 0.6) is 0 Å². The van der Waals surface area contributed by atoms with Crippen LogP contribution in [-0.2, 0) is 0 Å². The molecule has 0 aliphatic rings. The van der Waals surface area contributed by atoms with E-state index in [0.29, 0.717) is 0 Å². The summed E-state index contributed by atoms with van der Waals surface area (Å²) < 4.78 is 0. The summed E-state index contributed by atoms with van der Waals surface area (Å²) >= 11 is 1.77. The highest BCUT2D eigenvalue weighted by atomic mass is 32.2. The van der Waals surface area contributed by atoms with E-state index in [-0.39, 0.29) is 0 Å². The van der Waals surface area contributed by atoms with Gasteiger partial charge in [0, 0.05) is 27.6 Å². The van der Waals surface area contributed by atoms with Crippen molar-refractivity contribution in [3.05, 3.63) is 78.1 Å². The molecular formula is C21H18N2S. The number of benzene rings is 2. The number of aryl methyl sites for hydroxylation is 2. The van der Waals surface area contributed by atoms with Gasteiger partial charge in [-0.2, -0.15) is 0 Å². The minimum absolute atomic E-state index is 0.935. The zero-order valence-electron chi connectivity index (χ0n) is 13.7.